The number of likely N-dealkylation sites (tertiary alicyclic amines) is 1. The van der Waals surface area contributed by atoms with Crippen LogP contribution in [0.5, 0.6) is 0 Å². The summed E-state index contributed by atoms with van der Waals surface area (Å²) in [4.78, 5) is 25.0. The fourth-order valence-corrected chi connectivity index (χ4v) is 3.46. The van der Waals surface area contributed by atoms with Gasteiger partial charge in [0.2, 0.25) is 11.9 Å². The van der Waals surface area contributed by atoms with Gasteiger partial charge in [-0.15, -0.1) is 0 Å². The van der Waals surface area contributed by atoms with Gasteiger partial charge < -0.3 is 9.80 Å². The lowest BCUT2D eigenvalue weighted by molar-refractivity contribution is -0.142. The number of hydrogen-bond acceptors (Lipinski definition) is 4. The Hall–Kier alpha value is -1.65. The van der Waals surface area contributed by atoms with Crippen molar-refractivity contribution < 1.29 is 4.79 Å². The molecule has 2 saturated heterocycles. The van der Waals surface area contributed by atoms with Crippen LogP contribution < -0.4 is 4.90 Å². The minimum Gasteiger partial charge on any atom is -0.341 e. The molecule has 4 rings (SSSR count). The zero-order valence-electron chi connectivity index (χ0n) is 11.7. The van der Waals surface area contributed by atoms with Gasteiger partial charge in [-0.3, -0.25) is 4.79 Å². The molecule has 1 aromatic rings. The van der Waals surface area contributed by atoms with Crippen LogP contribution in [0.3, 0.4) is 0 Å². The third-order valence-corrected chi connectivity index (χ3v) is 4.84. The van der Waals surface area contributed by atoms with Gasteiger partial charge >= 0.3 is 0 Å². The monoisotopic (exact) mass is 272 g/mol. The smallest absolute Gasteiger partial charge is 0.225 e. The van der Waals surface area contributed by atoms with Gasteiger partial charge in [-0.25, -0.2) is 9.97 Å². The molecule has 0 atom stereocenters. The second-order valence-corrected chi connectivity index (χ2v) is 6.62. The van der Waals surface area contributed by atoms with Gasteiger partial charge in [-0.05, 0) is 31.2 Å². The van der Waals surface area contributed by atoms with E-state index >= 15 is 0 Å². The Morgan fingerprint density at radius 3 is 2.70 bits per heavy atom. The topological polar surface area (TPSA) is 49.3 Å². The molecule has 2 aliphatic heterocycles. The van der Waals surface area contributed by atoms with E-state index in [-0.39, 0.29) is 0 Å². The number of rotatable bonds is 3. The van der Waals surface area contributed by atoms with Gasteiger partial charge in [0, 0.05) is 50.4 Å². The molecular formula is C15H20N4O. The summed E-state index contributed by atoms with van der Waals surface area (Å²) >= 11 is 0. The van der Waals surface area contributed by atoms with Gasteiger partial charge in [0.15, 0.2) is 0 Å². The highest BCUT2D eigenvalue weighted by Crippen LogP contribution is 2.42. The van der Waals surface area contributed by atoms with Gasteiger partial charge in [-0.1, -0.05) is 0 Å². The van der Waals surface area contributed by atoms with E-state index in [1.165, 1.54) is 12.8 Å². The number of carbonyl (C=O) groups excluding carboxylic acids is 1. The highest BCUT2D eigenvalue weighted by Gasteiger charge is 2.49. The summed E-state index contributed by atoms with van der Waals surface area (Å²) in [7, 11) is 0. The van der Waals surface area contributed by atoms with Crippen LogP contribution in [-0.4, -0.2) is 47.0 Å². The molecule has 1 aromatic heterocycles. The van der Waals surface area contributed by atoms with Crippen molar-refractivity contribution >= 4 is 11.9 Å². The molecule has 3 fully saturated rings. The number of nitrogens with zero attached hydrogens (tertiary/aromatic N) is 4. The van der Waals surface area contributed by atoms with Crippen LogP contribution in [0.4, 0.5) is 5.95 Å². The van der Waals surface area contributed by atoms with Crippen LogP contribution in [0.15, 0.2) is 18.5 Å². The second-order valence-electron chi connectivity index (χ2n) is 6.62. The Morgan fingerprint density at radius 2 is 2.00 bits per heavy atom. The van der Waals surface area contributed by atoms with Crippen molar-refractivity contribution in [2.24, 2.45) is 11.3 Å². The SMILES string of the molecule is O=C(CC1CC1)N1CC2(CCN(c3ncccn3)C2)C1. The first-order chi connectivity index (χ1) is 9.74. The number of carbonyl (C=O) groups is 1. The average Bonchev–Trinajstić information content (AvgIpc) is 3.12. The maximum atomic E-state index is 12.1. The largest absolute Gasteiger partial charge is 0.341 e. The fourth-order valence-electron chi connectivity index (χ4n) is 3.46. The average molecular weight is 272 g/mol. The van der Waals surface area contributed by atoms with Crippen molar-refractivity contribution in [2.75, 3.05) is 31.1 Å². The highest BCUT2D eigenvalue weighted by atomic mass is 16.2. The standard InChI is InChI=1S/C15H20N4O/c20-13(8-12-2-3-12)19-10-15(11-19)4-7-18(9-15)14-16-5-1-6-17-14/h1,5-6,12H,2-4,7-11H2. The van der Waals surface area contributed by atoms with Crippen molar-refractivity contribution in [3.8, 4) is 0 Å². The molecule has 0 radical (unpaired) electrons. The quantitative estimate of drug-likeness (QED) is 0.832. The molecule has 0 N–H and O–H groups in total. The minimum atomic E-state index is 0.304. The molecule has 20 heavy (non-hydrogen) atoms. The van der Waals surface area contributed by atoms with Crippen LogP contribution in [0.1, 0.15) is 25.7 Å². The molecule has 3 heterocycles. The normalized spacial score (nSPS) is 24.0. The summed E-state index contributed by atoms with van der Waals surface area (Å²) in [5, 5.41) is 0. The Labute approximate surface area is 119 Å². The zero-order chi connectivity index (χ0) is 13.6. The molecular weight excluding hydrogens is 252 g/mol. The fraction of sp³-hybridized carbons (Fsp3) is 0.667. The van der Waals surface area contributed by atoms with E-state index in [0.717, 1.165) is 45.0 Å². The Kier molecular flexibility index (Phi) is 2.69. The van der Waals surface area contributed by atoms with Crippen molar-refractivity contribution in [3.05, 3.63) is 18.5 Å². The highest BCUT2D eigenvalue weighted by molar-refractivity contribution is 5.78. The van der Waals surface area contributed by atoms with E-state index in [9.17, 15) is 4.79 Å². The molecule has 0 unspecified atom stereocenters. The first-order valence-corrected chi connectivity index (χ1v) is 7.54. The summed E-state index contributed by atoms with van der Waals surface area (Å²) in [5.41, 5.74) is 0.304. The van der Waals surface area contributed by atoms with Gasteiger partial charge in [0.05, 0.1) is 0 Å². The molecule has 1 amide bonds. The van der Waals surface area contributed by atoms with Crippen LogP contribution in [0, 0.1) is 11.3 Å². The third-order valence-electron chi connectivity index (χ3n) is 4.84. The number of hydrogen-bond donors (Lipinski definition) is 0. The summed E-state index contributed by atoms with van der Waals surface area (Å²) < 4.78 is 0. The van der Waals surface area contributed by atoms with E-state index in [0.29, 0.717) is 17.2 Å². The zero-order valence-corrected chi connectivity index (χ0v) is 11.7. The van der Waals surface area contributed by atoms with E-state index in [1.54, 1.807) is 12.4 Å². The van der Waals surface area contributed by atoms with E-state index in [2.05, 4.69) is 14.9 Å². The van der Waals surface area contributed by atoms with Crippen molar-refractivity contribution in [1.29, 1.82) is 0 Å². The molecule has 5 heteroatoms. The van der Waals surface area contributed by atoms with Crippen LogP contribution in [0.2, 0.25) is 0 Å². The van der Waals surface area contributed by atoms with Gasteiger partial charge in [-0.2, -0.15) is 0 Å². The van der Waals surface area contributed by atoms with Crippen molar-refractivity contribution in [2.45, 2.75) is 25.7 Å². The molecule has 1 saturated carbocycles. The van der Waals surface area contributed by atoms with E-state index < -0.39 is 0 Å². The van der Waals surface area contributed by atoms with Crippen LogP contribution in [0.25, 0.3) is 0 Å². The Balaban J connectivity index is 1.34. The third kappa shape index (κ3) is 2.15. The van der Waals surface area contributed by atoms with Crippen LogP contribution in [-0.2, 0) is 4.79 Å². The maximum absolute atomic E-state index is 12.1. The van der Waals surface area contributed by atoms with E-state index in [4.69, 9.17) is 0 Å². The molecule has 1 spiro atoms. The minimum absolute atomic E-state index is 0.304. The number of aromatic nitrogens is 2. The second kappa shape index (κ2) is 4.43. The van der Waals surface area contributed by atoms with Crippen LogP contribution >= 0.6 is 0 Å². The predicted octanol–water partition coefficient (Wildman–Crippen LogP) is 1.32. The molecule has 0 bridgehead atoms. The van der Waals surface area contributed by atoms with Gasteiger partial charge in [0.1, 0.15) is 0 Å². The lowest BCUT2D eigenvalue weighted by atomic mass is 9.79. The summed E-state index contributed by atoms with van der Waals surface area (Å²) in [6, 6.07) is 1.84. The Bertz CT molecular complexity index is 508. The maximum Gasteiger partial charge on any atom is 0.225 e. The van der Waals surface area contributed by atoms with Crippen molar-refractivity contribution in [3.63, 3.8) is 0 Å². The van der Waals surface area contributed by atoms with Crippen molar-refractivity contribution in [1.82, 2.24) is 14.9 Å². The summed E-state index contributed by atoms with van der Waals surface area (Å²) in [5.74, 6) is 1.89. The number of anilines is 1. The molecule has 3 aliphatic rings. The first-order valence-electron chi connectivity index (χ1n) is 7.54. The molecule has 0 aromatic carbocycles. The summed E-state index contributed by atoms with van der Waals surface area (Å²) in [6.07, 6.45) is 8.02. The lowest BCUT2D eigenvalue weighted by Crippen LogP contribution is -2.59. The van der Waals surface area contributed by atoms with Gasteiger partial charge in [0.25, 0.3) is 0 Å². The van der Waals surface area contributed by atoms with E-state index in [1.807, 2.05) is 11.0 Å². The molecule has 5 nitrogen and oxygen atoms in total. The Morgan fingerprint density at radius 1 is 1.25 bits per heavy atom. The number of amides is 1. The predicted molar refractivity (Wildman–Crippen MR) is 75.2 cm³/mol. The summed E-state index contributed by atoms with van der Waals surface area (Å²) in [6.45, 7) is 3.86. The molecule has 106 valence electrons. The first kappa shape index (κ1) is 12.1. The molecule has 1 aliphatic carbocycles. The lowest BCUT2D eigenvalue weighted by Gasteiger charge is -2.48.